The molecule has 0 aliphatic heterocycles. The van der Waals surface area contributed by atoms with Crippen LogP contribution in [0.3, 0.4) is 0 Å². The summed E-state index contributed by atoms with van der Waals surface area (Å²) in [6, 6.07) is 19.6. The first kappa shape index (κ1) is 20.9. The fourth-order valence-electron chi connectivity index (χ4n) is 4.07. The number of para-hydroxylation sites is 1. The van der Waals surface area contributed by atoms with Gasteiger partial charge < -0.3 is 4.90 Å². The van der Waals surface area contributed by atoms with Crippen molar-refractivity contribution in [1.82, 2.24) is 0 Å². The van der Waals surface area contributed by atoms with Crippen LogP contribution in [0.2, 0.25) is 0 Å². The molecule has 0 saturated heterocycles. The lowest BCUT2D eigenvalue weighted by molar-refractivity contribution is 0.901. The van der Waals surface area contributed by atoms with Gasteiger partial charge in [0.15, 0.2) is 0 Å². The average molecular weight is 406 g/mol. The van der Waals surface area contributed by atoms with Gasteiger partial charge in [-0.05, 0) is 73.6 Å². The van der Waals surface area contributed by atoms with Crippen LogP contribution in [0.5, 0.6) is 0 Å². The Labute approximate surface area is 187 Å². The van der Waals surface area contributed by atoms with E-state index in [1.165, 1.54) is 39.4 Å². The summed E-state index contributed by atoms with van der Waals surface area (Å²) < 4.78 is 0. The molecule has 0 radical (unpaired) electrons. The molecule has 0 bridgehead atoms. The van der Waals surface area contributed by atoms with E-state index < -0.39 is 0 Å². The largest absolute Gasteiger partial charge is 0.314 e. The second-order valence-corrected chi connectivity index (χ2v) is 8.42. The third-order valence-corrected chi connectivity index (χ3v) is 5.93. The molecule has 0 aromatic heterocycles. The van der Waals surface area contributed by atoms with E-state index in [1.54, 1.807) is 0 Å². The van der Waals surface area contributed by atoms with Gasteiger partial charge in [0.1, 0.15) is 0 Å². The number of benzene rings is 2. The van der Waals surface area contributed by atoms with Crippen LogP contribution in [0.15, 0.2) is 120 Å². The maximum atomic E-state index is 2.43. The van der Waals surface area contributed by atoms with Crippen LogP contribution >= 0.6 is 0 Å². The first-order valence-electron chi connectivity index (χ1n) is 11.2. The van der Waals surface area contributed by atoms with Crippen molar-refractivity contribution in [3.63, 3.8) is 0 Å². The normalized spacial score (nSPS) is 24.2. The minimum atomic E-state index is 0.400. The van der Waals surface area contributed by atoms with E-state index in [9.17, 15) is 0 Å². The number of rotatable bonds is 4. The fourth-order valence-corrected chi connectivity index (χ4v) is 4.07. The summed E-state index contributed by atoms with van der Waals surface area (Å²) in [4.78, 5) is 2.43. The molecule has 0 fully saturated rings. The maximum Gasteiger partial charge on any atom is 0.0484 e. The number of allylic oxidation sites excluding steroid dienone is 11. The van der Waals surface area contributed by atoms with Crippen molar-refractivity contribution in [3.05, 3.63) is 131 Å². The van der Waals surface area contributed by atoms with E-state index in [2.05, 4.69) is 129 Å². The number of hydrogen-bond acceptors (Lipinski definition) is 1. The Kier molecular flexibility index (Phi) is 6.52. The molecule has 0 N–H and O–H groups in total. The molecule has 0 amide bonds. The van der Waals surface area contributed by atoms with Gasteiger partial charge in [-0.2, -0.15) is 0 Å². The molecular formula is C30H31N. The van der Waals surface area contributed by atoms with Crippen LogP contribution in [0.25, 0.3) is 5.57 Å². The second kappa shape index (κ2) is 9.66. The van der Waals surface area contributed by atoms with Crippen molar-refractivity contribution in [2.75, 3.05) is 4.90 Å². The Morgan fingerprint density at radius 2 is 1.55 bits per heavy atom. The van der Waals surface area contributed by atoms with E-state index >= 15 is 0 Å². The van der Waals surface area contributed by atoms with Gasteiger partial charge >= 0.3 is 0 Å². The molecule has 2 aromatic rings. The van der Waals surface area contributed by atoms with Crippen molar-refractivity contribution in [2.45, 2.75) is 33.6 Å². The Bertz CT molecular complexity index is 1090. The Morgan fingerprint density at radius 3 is 2.26 bits per heavy atom. The van der Waals surface area contributed by atoms with Gasteiger partial charge in [-0.25, -0.2) is 0 Å². The summed E-state index contributed by atoms with van der Waals surface area (Å²) >= 11 is 0. The van der Waals surface area contributed by atoms with Gasteiger partial charge in [0.2, 0.25) is 0 Å². The van der Waals surface area contributed by atoms with Gasteiger partial charge in [0.05, 0.1) is 0 Å². The zero-order valence-electron chi connectivity index (χ0n) is 18.8. The summed E-state index contributed by atoms with van der Waals surface area (Å²) in [6.07, 6.45) is 20.0. The second-order valence-electron chi connectivity index (χ2n) is 8.42. The monoisotopic (exact) mass is 405 g/mol. The quantitative estimate of drug-likeness (QED) is 0.496. The zero-order valence-corrected chi connectivity index (χ0v) is 18.8. The number of anilines is 1. The van der Waals surface area contributed by atoms with Gasteiger partial charge in [0.25, 0.3) is 0 Å². The molecule has 4 rings (SSSR count). The molecule has 0 spiro atoms. The number of aryl methyl sites for hydroxylation is 1. The Morgan fingerprint density at radius 1 is 0.774 bits per heavy atom. The standard InChI is InChI=1S/C30H31N/c1-23-9-7-8-10-25(3)30(22-15-23)31(28-11-5-4-6-12-28)29-20-18-27(19-21-29)26-16-13-24(2)14-17-26/h4-18,20,22-23H,19,21H2,1-3H3/b9-7+,10-8-,22-15-,30-25-. The van der Waals surface area contributed by atoms with Gasteiger partial charge in [-0.15, -0.1) is 0 Å². The van der Waals surface area contributed by atoms with Gasteiger partial charge in [-0.3, -0.25) is 0 Å². The van der Waals surface area contributed by atoms with Crippen molar-refractivity contribution in [3.8, 4) is 0 Å². The van der Waals surface area contributed by atoms with Crippen molar-refractivity contribution in [2.24, 2.45) is 5.92 Å². The van der Waals surface area contributed by atoms with Crippen LogP contribution in [-0.4, -0.2) is 0 Å². The van der Waals surface area contributed by atoms with E-state index in [1.807, 2.05) is 0 Å². The molecule has 2 aromatic carbocycles. The number of hydrogen-bond donors (Lipinski definition) is 0. The predicted molar refractivity (Wildman–Crippen MR) is 135 cm³/mol. The summed E-state index contributed by atoms with van der Waals surface area (Å²) in [7, 11) is 0. The molecule has 0 saturated carbocycles. The molecule has 2 aliphatic rings. The van der Waals surface area contributed by atoms with E-state index in [0.717, 1.165) is 12.8 Å². The Hall–Kier alpha value is -3.32. The molecule has 31 heavy (non-hydrogen) atoms. The lowest BCUT2D eigenvalue weighted by Gasteiger charge is -2.32. The third-order valence-electron chi connectivity index (χ3n) is 5.93. The highest BCUT2D eigenvalue weighted by molar-refractivity contribution is 5.71. The lowest BCUT2D eigenvalue weighted by Crippen LogP contribution is -2.23. The molecule has 156 valence electrons. The van der Waals surface area contributed by atoms with E-state index in [-0.39, 0.29) is 0 Å². The molecular weight excluding hydrogens is 374 g/mol. The summed E-state index contributed by atoms with van der Waals surface area (Å²) in [5.74, 6) is 0.400. The number of nitrogens with zero attached hydrogens (tertiary/aromatic N) is 1. The van der Waals surface area contributed by atoms with Gasteiger partial charge in [0, 0.05) is 17.1 Å². The van der Waals surface area contributed by atoms with Crippen LogP contribution in [0.1, 0.15) is 37.8 Å². The molecule has 2 aliphatic carbocycles. The van der Waals surface area contributed by atoms with E-state index in [0.29, 0.717) is 5.92 Å². The fraction of sp³-hybridized carbons (Fsp3) is 0.200. The Balaban J connectivity index is 1.76. The highest BCUT2D eigenvalue weighted by atomic mass is 15.2. The van der Waals surface area contributed by atoms with E-state index in [4.69, 9.17) is 0 Å². The topological polar surface area (TPSA) is 3.24 Å². The maximum absolute atomic E-state index is 2.43. The summed E-state index contributed by atoms with van der Waals surface area (Å²) in [5, 5.41) is 0. The summed E-state index contributed by atoms with van der Waals surface area (Å²) in [5.41, 5.74) is 9.06. The lowest BCUT2D eigenvalue weighted by atomic mass is 9.94. The van der Waals surface area contributed by atoms with Crippen LogP contribution in [0, 0.1) is 12.8 Å². The average Bonchev–Trinajstić information content (AvgIpc) is 2.88. The van der Waals surface area contributed by atoms with Crippen LogP contribution < -0.4 is 4.90 Å². The first-order chi connectivity index (χ1) is 15.1. The third kappa shape index (κ3) is 5.06. The molecule has 0 heterocycles. The highest BCUT2D eigenvalue weighted by Gasteiger charge is 2.19. The minimum Gasteiger partial charge on any atom is -0.314 e. The first-order valence-corrected chi connectivity index (χ1v) is 11.2. The predicted octanol–water partition coefficient (Wildman–Crippen LogP) is 8.16. The van der Waals surface area contributed by atoms with Crippen LogP contribution in [0.4, 0.5) is 5.69 Å². The van der Waals surface area contributed by atoms with Crippen molar-refractivity contribution >= 4 is 11.3 Å². The molecule has 1 atom stereocenters. The van der Waals surface area contributed by atoms with Crippen LogP contribution in [-0.2, 0) is 0 Å². The highest BCUT2D eigenvalue weighted by Crippen LogP contribution is 2.35. The summed E-state index contributed by atoms with van der Waals surface area (Å²) in [6.45, 7) is 6.57. The molecule has 1 heteroatoms. The van der Waals surface area contributed by atoms with Crippen molar-refractivity contribution < 1.29 is 0 Å². The molecule has 1 nitrogen and oxygen atoms in total. The molecule has 1 unspecified atom stereocenters. The zero-order chi connectivity index (χ0) is 21.6. The SMILES string of the molecule is CC1=C(N(C2=CC=C(c3ccc(C)cc3)CC2)c2ccccc2)\C=C/C(C)/C=C/C=C\1. The van der Waals surface area contributed by atoms with Crippen molar-refractivity contribution in [1.29, 1.82) is 0 Å². The minimum absolute atomic E-state index is 0.400. The van der Waals surface area contributed by atoms with Gasteiger partial charge in [-0.1, -0.05) is 91.4 Å². The smallest absolute Gasteiger partial charge is 0.0484 e.